The molecule has 20 heavy (non-hydrogen) atoms. The number of rotatable bonds is 4. The highest BCUT2D eigenvalue weighted by Gasteiger charge is 2.32. The maximum absolute atomic E-state index is 14.1. The maximum Gasteiger partial charge on any atom is 0.245 e. The Morgan fingerprint density at radius 3 is 3.10 bits per heavy atom. The van der Waals surface area contributed by atoms with E-state index in [1.54, 1.807) is 17.0 Å². The van der Waals surface area contributed by atoms with E-state index in [2.05, 4.69) is 5.32 Å². The van der Waals surface area contributed by atoms with Crippen LogP contribution >= 0.6 is 0 Å². The molecule has 0 spiro atoms. The van der Waals surface area contributed by atoms with Crippen LogP contribution in [0.2, 0.25) is 0 Å². The number of nitrogens with one attached hydrogen (secondary N) is 1. The molecule has 0 aromatic heterocycles. The summed E-state index contributed by atoms with van der Waals surface area (Å²) in [6.07, 6.45) is 0. The van der Waals surface area contributed by atoms with Crippen LogP contribution in [0.3, 0.4) is 0 Å². The number of para-hydroxylation sites is 1. The van der Waals surface area contributed by atoms with Gasteiger partial charge in [-0.3, -0.25) is 4.79 Å². The van der Waals surface area contributed by atoms with Crippen molar-refractivity contribution in [3.8, 4) is 0 Å². The monoisotopic (exact) mass is 282 g/mol. The van der Waals surface area contributed by atoms with Gasteiger partial charge in [-0.05, 0) is 13.0 Å². The summed E-state index contributed by atoms with van der Waals surface area (Å²) in [6.45, 7) is 3.12. The summed E-state index contributed by atoms with van der Waals surface area (Å²) in [5.41, 5.74) is 0.760. The zero-order chi connectivity index (χ0) is 14.5. The lowest BCUT2D eigenvalue weighted by atomic mass is 10.1. The summed E-state index contributed by atoms with van der Waals surface area (Å²) in [7, 11) is 0. The van der Waals surface area contributed by atoms with Crippen LogP contribution in [0.4, 0.5) is 10.1 Å². The van der Waals surface area contributed by atoms with Gasteiger partial charge in [0, 0.05) is 18.7 Å². The Hall–Kier alpha value is -1.66. The molecule has 1 aromatic carbocycles. The zero-order valence-corrected chi connectivity index (χ0v) is 11.4. The normalized spacial score (nSPS) is 18.9. The molecule has 1 fully saturated rings. The van der Waals surface area contributed by atoms with E-state index in [1.165, 1.54) is 6.07 Å². The number of hydrogen-bond donors (Lipinski definition) is 2. The summed E-state index contributed by atoms with van der Waals surface area (Å²) in [5, 5.41) is 12.1. The number of carbonyl (C=O) groups is 1. The fraction of sp³-hybridized carbons (Fsp3) is 0.500. The smallest absolute Gasteiger partial charge is 0.245 e. The van der Waals surface area contributed by atoms with Crippen molar-refractivity contribution >= 4 is 11.6 Å². The molecule has 0 aliphatic carbocycles. The predicted molar refractivity (Wildman–Crippen MR) is 73.0 cm³/mol. The highest BCUT2D eigenvalue weighted by atomic mass is 19.1. The van der Waals surface area contributed by atoms with Gasteiger partial charge >= 0.3 is 0 Å². The number of likely N-dealkylation sites (N-methyl/N-ethyl adjacent to an activating group) is 1. The number of morpholine rings is 1. The van der Waals surface area contributed by atoms with Crippen molar-refractivity contribution in [2.75, 3.05) is 31.2 Å². The van der Waals surface area contributed by atoms with Crippen molar-refractivity contribution in [1.82, 2.24) is 5.32 Å². The standard InChI is InChI=1S/C14H19FN2O3/c1-2-16-14(19)12-9-20-7-6-17(12)13-10(8-18)4-3-5-11(13)15/h3-5,12,18H,2,6-9H2,1H3,(H,16,19). The van der Waals surface area contributed by atoms with E-state index in [9.17, 15) is 14.3 Å². The van der Waals surface area contributed by atoms with Gasteiger partial charge in [-0.1, -0.05) is 12.1 Å². The first-order chi connectivity index (χ1) is 9.69. The fourth-order valence-corrected chi connectivity index (χ4v) is 2.39. The molecular weight excluding hydrogens is 263 g/mol. The Balaban J connectivity index is 2.35. The summed E-state index contributed by atoms with van der Waals surface area (Å²) in [6, 6.07) is 3.96. The van der Waals surface area contributed by atoms with E-state index in [0.717, 1.165) is 0 Å². The van der Waals surface area contributed by atoms with E-state index in [1.807, 2.05) is 6.92 Å². The van der Waals surface area contributed by atoms with Gasteiger partial charge in [-0.25, -0.2) is 4.39 Å². The third kappa shape index (κ3) is 2.91. The van der Waals surface area contributed by atoms with Crippen LogP contribution in [0.1, 0.15) is 12.5 Å². The molecule has 1 aliphatic rings. The van der Waals surface area contributed by atoms with Gasteiger partial charge in [0.15, 0.2) is 0 Å². The summed E-state index contributed by atoms with van der Waals surface area (Å²) < 4.78 is 19.4. The Labute approximate surface area is 117 Å². The average Bonchev–Trinajstić information content (AvgIpc) is 2.47. The number of anilines is 1. The predicted octanol–water partition coefficient (Wildman–Crippen LogP) is 0.659. The number of ether oxygens (including phenoxy) is 1. The van der Waals surface area contributed by atoms with E-state index >= 15 is 0 Å². The second-order valence-electron chi connectivity index (χ2n) is 4.58. The van der Waals surface area contributed by atoms with Gasteiger partial charge in [0.25, 0.3) is 0 Å². The van der Waals surface area contributed by atoms with Gasteiger partial charge in [0.2, 0.25) is 5.91 Å². The van der Waals surface area contributed by atoms with Gasteiger partial charge in [-0.2, -0.15) is 0 Å². The SMILES string of the molecule is CCNC(=O)C1COCCN1c1c(F)cccc1CO. The number of amides is 1. The first-order valence-electron chi connectivity index (χ1n) is 6.69. The minimum absolute atomic E-state index is 0.195. The Morgan fingerprint density at radius 1 is 1.60 bits per heavy atom. The number of aliphatic hydroxyl groups excluding tert-OH is 1. The van der Waals surface area contributed by atoms with Crippen LogP contribution in [-0.4, -0.2) is 43.4 Å². The molecule has 1 amide bonds. The van der Waals surface area contributed by atoms with Gasteiger partial charge in [0.1, 0.15) is 11.9 Å². The van der Waals surface area contributed by atoms with Crippen LogP contribution in [0.5, 0.6) is 0 Å². The molecule has 110 valence electrons. The lowest BCUT2D eigenvalue weighted by molar-refractivity contribution is -0.124. The average molecular weight is 282 g/mol. The molecular formula is C14H19FN2O3. The number of aliphatic hydroxyl groups is 1. The van der Waals surface area contributed by atoms with E-state index < -0.39 is 11.9 Å². The fourth-order valence-electron chi connectivity index (χ4n) is 2.39. The van der Waals surface area contributed by atoms with Crippen molar-refractivity contribution in [3.05, 3.63) is 29.6 Å². The summed E-state index contributed by atoms with van der Waals surface area (Å²) in [5.74, 6) is -0.632. The van der Waals surface area contributed by atoms with Gasteiger partial charge in [-0.15, -0.1) is 0 Å². The molecule has 1 heterocycles. The quantitative estimate of drug-likeness (QED) is 0.851. The number of hydrogen-bond acceptors (Lipinski definition) is 4. The molecule has 6 heteroatoms. The molecule has 2 rings (SSSR count). The highest BCUT2D eigenvalue weighted by molar-refractivity contribution is 5.86. The first-order valence-corrected chi connectivity index (χ1v) is 6.69. The molecule has 1 aromatic rings. The van der Waals surface area contributed by atoms with Crippen LogP contribution in [0.25, 0.3) is 0 Å². The second kappa shape index (κ2) is 6.67. The van der Waals surface area contributed by atoms with Gasteiger partial charge < -0.3 is 20.1 Å². The Morgan fingerprint density at radius 2 is 2.40 bits per heavy atom. The molecule has 0 radical (unpaired) electrons. The van der Waals surface area contributed by atoms with Crippen LogP contribution < -0.4 is 10.2 Å². The molecule has 1 saturated heterocycles. The van der Waals surface area contributed by atoms with Crippen LogP contribution in [0.15, 0.2) is 18.2 Å². The Kier molecular flexibility index (Phi) is 4.92. The lowest BCUT2D eigenvalue weighted by Gasteiger charge is -2.37. The molecule has 0 saturated carbocycles. The van der Waals surface area contributed by atoms with Crippen molar-refractivity contribution in [2.45, 2.75) is 19.6 Å². The van der Waals surface area contributed by atoms with Crippen LogP contribution in [-0.2, 0) is 16.1 Å². The maximum atomic E-state index is 14.1. The molecule has 2 N–H and O–H groups in total. The van der Waals surface area contributed by atoms with Crippen molar-refractivity contribution < 1.29 is 19.0 Å². The molecule has 1 atom stereocenters. The van der Waals surface area contributed by atoms with Gasteiger partial charge in [0.05, 0.1) is 25.5 Å². The van der Waals surface area contributed by atoms with Crippen molar-refractivity contribution in [2.24, 2.45) is 0 Å². The minimum Gasteiger partial charge on any atom is -0.392 e. The number of nitrogens with zero attached hydrogens (tertiary/aromatic N) is 1. The first kappa shape index (κ1) is 14.7. The molecule has 0 bridgehead atoms. The Bertz CT molecular complexity index is 481. The topological polar surface area (TPSA) is 61.8 Å². The zero-order valence-electron chi connectivity index (χ0n) is 11.4. The molecule has 1 unspecified atom stereocenters. The molecule has 1 aliphatic heterocycles. The summed E-state index contributed by atoms with van der Waals surface area (Å²) in [4.78, 5) is 13.8. The van der Waals surface area contributed by atoms with Crippen molar-refractivity contribution in [3.63, 3.8) is 0 Å². The van der Waals surface area contributed by atoms with E-state index in [0.29, 0.717) is 25.3 Å². The molecule has 5 nitrogen and oxygen atoms in total. The highest BCUT2D eigenvalue weighted by Crippen LogP contribution is 2.28. The van der Waals surface area contributed by atoms with E-state index in [-0.39, 0.29) is 24.8 Å². The van der Waals surface area contributed by atoms with Crippen LogP contribution in [0, 0.1) is 5.82 Å². The minimum atomic E-state index is -0.578. The van der Waals surface area contributed by atoms with Crippen molar-refractivity contribution in [1.29, 1.82) is 0 Å². The number of carbonyl (C=O) groups excluding carboxylic acids is 1. The third-order valence-electron chi connectivity index (χ3n) is 3.31. The van der Waals surface area contributed by atoms with E-state index in [4.69, 9.17) is 4.74 Å². The number of benzene rings is 1. The number of halogens is 1. The second-order valence-corrected chi connectivity index (χ2v) is 4.58. The summed E-state index contributed by atoms with van der Waals surface area (Å²) >= 11 is 0. The third-order valence-corrected chi connectivity index (χ3v) is 3.31. The largest absolute Gasteiger partial charge is 0.392 e. The lowest BCUT2D eigenvalue weighted by Crippen LogP contribution is -2.54.